The second kappa shape index (κ2) is 9.62. The molecule has 3 aromatic carbocycles. The Morgan fingerprint density at radius 1 is 0.941 bits per heavy atom. The molecule has 4 N–H and O–H groups in total. The van der Waals surface area contributed by atoms with Crippen molar-refractivity contribution < 1.29 is 33.7 Å². The minimum Gasteiger partial charge on any atom is -0.503 e. The summed E-state index contributed by atoms with van der Waals surface area (Å²) in [5, 5.41) is 23.4. The van der Waals surface area contributed by atoms with Gasteiger partial charge in [-0.05, 0) is 34.4 Å². The number of anilines is 1. The van der Waals surface area contributed by atoms with Gasteiger partial charge in [-0.15, -0.1) is 0 Å². The van der Waals surface area contributed by atoms with Gasteiger partial charge in [-0.25, -0.2) is 9.18 Å². The van der Waals surface area contributed by atoms with Crippen molar-refractivity contribution in [1.29, 1.82) is 0 Å². The number of alkyl carbamates (subject to hydrolysis) is 1. The number of ether oxygens (including phenoxy) is 1. The van der Waals surface area contributed by atoms with Gasteiger partial charge in [0.2, 0.25) is 5.91 Å². The first kappa shape index (κ1) is 22.8. The Kier molecular flexibility index (Phi) is 6.44. The third-order valence-corrected chi connectivity index (χ3v) is 5.58. The lowest BCUT2D eigenvalue weighted by Gasteiger charge is -2.19. The molecule has 0 heterocycles. The zero-order valence-corrected chi connectivity index (χ0v) is 17.8. The van der Waals surface area contributed by atoms with Gasteiger partial charge in [0.25, 0.3) is 0 Å². The number of phenols is 1. The summed E-state index contributed by atoms with van der Waals surface area (Å²) in [6.07, 6.45) is -1.72. The summed E-state index contributed by atoms with van der Waals surface area (Å²) in [6.45, 7) is -0.0219. The molecule has 9 heteroatoms. The first-order valence-corrected chi connectivity index (χ1v) is 10.5. The SMILES string of the molecule is O=C(O)CC(NC(=O)OCC1c2ccccc2-c2ccccc21)C(=O)Nc1cccc(F)c1O. The zero-order chi connectivity index (χ0) is 24.2. The number of para-hydroxylation sites is 1. The van der Waals surface area contributed by atoms with E-state index in [0.717, 1.165) is 28.3 Å². The van der Waals surface area contributed by atoms with Crippen LogP contribution in [0.1, 0.15) is 23.5 Å². The number of fused-ring (bicyclic) bond motifs is 3. The van der Waals surface area contributed by atoms with Gasteiger partial charge in [-0.3, -0.25) is 9.59 Å². The second-order valence-corrected chi connectivity index (χ2v) is 7.75. The highest BCUT2D eigenvalue weighted by atomic mass is 19.1. The lowest BCUT2D eigenvalue weighted by atomic mass is 9.98. The Balaban J connectivity index is 1.44. The number of halogens is 1. The van der Waals surface area contributed by atoms with Gasteiger partial charge in [0, 0.05) is 5.92 Å². The standard InChI is InChI=1S/C25H21FN2O6/c26-19-10-5-11-20(23(19)31)27-24(32)21(12-22(29)30)28-25(33)34-13-18-16-8-3-1-6-14(16)15-7-2-4-9-17(15)18/h1-11,18,21,31H,12-13H2,(H,27,32)(H,28,33)(H,29,30). The Labute approximate surface area is 194 Å². The molecule has 174 valence electrons. The van der Waals surface area contributed by atoms with Crippen molar-refractivity contribution in [1.82, 2.24) is 5.32 Å². The number of rotatable bonds is 7. The number of aromatic hydroxyl groups is 1. The van der Waals surface area contributed by atoms with E-state index < -0.39 is 42.0 Å². The van der Waals surface area contributed by atoms with Crippen LogP contribution in [0, 0.1) is 5.82 Å². The van der Waals surface area contributed by atoms with Gasteiger partial charge in [0.15, 0.2) is 11.6 Å². The molecule has 1 aliphatic rings. The molecule has 1 aliphatic carbocycles. The molecule has 3 aromatic rings. The molecule has 0 radical (unpaired) electrons. The van der Waals surface area contributed by atoms with Gasteiger partial charge in [0.05, 0.1) is 12.1 Å². The van der Waals surface area contributed by atoms with Crippen molar-refractivity contribution in [2.75, 3.05) is 11.9 Å². The predicted molar refractivity (Wildman–Crippen MR) is 121 cm³/mol. The highest BCUT2D eigenvalue weighted by molar-refractivity contribution is 5.99. The van der Waals surface area contributed by atoms with Gasteiger partial charge in [-0.2, -0.15) is 0 Å². The minimum absolute atomic E-state index is 0.0219. The zero-order valence-electron chi connectivity index (χ0n) is 17.8. The number of amides is 2. The average Bonchev–Trinajstić information content (AvgIpc) is 3.14. The van der Waals surface area contributed by atoms with Crippen LogP contribution in [0.4, 0.5) is 14.9 Å². The minimum atomic E-state index is -1.52. The van der Waals surface area contributed by atoms with Crippen LogP contribution in [-0.2, 0) is 14.3 Å². The van der Waals surface area contributed by atoms with Crippen LogP contribution in [0.25, 0.3) is 11.1 Å². The van der Waals surface area contributed by atoms with Crippen LogP contribution in [0.15, 0.2) is 66.7 Å². The number of phenolic OH excluding ortho intramolecular Hbond substituents is 1. The lowest BCUT2D eigenvalue weighted by Crippen LogP contribution is -2.45. The molecule has 2 amide bonds. The number of carbonyl (C=O) groups excluding carboxylic acids is 2. The van der Waals surface area contributed by atoms with Crippen molar-refractivity contribution in [2.45, 2.75) is 18.4 Å². The molecule has 0 aliphatic heterocycles. The number of nitrogens with one attached hydrogen (secondary N) is 2. The summed E-state index contributed by atoms with van der Waals surface area (Å²) < 4.78 is 18.9. The fraction of sp³-hybridized carbons (Fsp3) is 0.160. The fourth-order valence-corrected chi connectivity index (χ4v) is 4.00. The normalized spacial score (nSPS) is 12.9. The Morgan fingerprint density at radius 2 is 1.56 bits per heavy atom. The van der Waals surface area contributed by atoms with Crippen LogP contribution in [0.2, 0.25) is 0 Å². The van der Waals surface area contributed by atoms with E-state index >= 15 is 0 Å². The molecule has 8 nitrogen and oxygen atoms in total. The number of hydrogen-bond acceptors (Lipinski definition) is 5. The van der Waals surface area contributed by atoms with Crippen molar-refractivity contribution in [3.63, 3.8) is 0 Å². The van der Waals surface area contributed by atoms with Gasteiger partial charge >= 0.3 is 12.1 Å². The van der Waals surface area contributed by atoms with Crippen LogP contribution in [0.5, 0.6) is 5.75 Å². The number of hydrogen-bond donors (Lipinski definition) is 4. The van der Waals surface area contributed by atoms with Crippen molar-refractivity contribution >= 4 is 23.7 Å². The van der Waals surface area contributed by atoms with E-state index in [-0.39, 0.29) is 18.2 Å². The Bertz CT molecular complexity index is 1220. The molecular weight excluding hydrogens is 443 g/mol. The molecule has 0 saturated heterocycles. The third-order valence-electron chi connectivity index (χ3n) is 5.58. The maximum absolute atomic E-state index is 13.5. The number of carboxylic acids is 1. The van der Waals surface area contributed by atoms with E-state index in [0.29, 0.717) is 0 Å². The van der Waals surface area contributed by atoms with Crippen LogP contribution >= 0.6 is 0 Å². The maximum atomic E-state index is 13.5. The first-order chi connectivity index (χ1) is 16.3. The number of carbonyl (C=O) groups is 3. The summed E-state index contributed by atoms with van der Waals surface area (Å²) in [5.41, 5.74) is 3.83. The van der Waals surface area contributed by atoms with E-state index in [1.807, 2.05) is 48.5 Å². The maximum Gasteiger partial charge on any atom is 0.407 e. The quantitative estimate of drug-likeness (QED) is 0.394. The van der Waals surface area contributed by atoms with Gasteiger partial charge in [0.1, 0.15) is 12.6 Å². The third kappa shape index (κ3) is 4.68. The number of aliphatic carboxylic acids is 1. The molecular formula is C25H21FN2O6. The van der Waals surface area contributed by atoms with Crippen molar-refractivity contribution in [3.8, 4) is 16.9 Å². The van der Waals surface area contributed by atoms with E-state index in [1.165, 1.54) is 12.1 Å². The molecule has 1 atom stereocenters. The van der Waals surface area contributed by atoms with Gasteiger partial charge < -0.3 is 25.6 Å². The summed E-state index contributed by atoms with van der Waals surface area (Å²) >= 11 is 0. The molecule has 0 bridgehead atoms. The predicted octanol–water partition coefficient (Wildman–Crippen LogP) is 3.85. The molecule has 0 fully saturated rings. The highest BCUT2D eigenvalue weighted by Crippen LogP contribution is 2.44. The van der Waals surface area contributed by atoms with Crippen LogP contribution in [-0.4, -0.2) is 40.8 Å². The number of benzene rings is 3. The summed E-state index contributed by atoms with van der Waals surface area (Å²) in [5.74, 6) is -4.27. The van der Waals surface area contributed by atoms with E-state index in [1.54, 1.807) is 0 Å². The van der Waals surface area contributed by atoms with E-state index in [4.69, 9.17) is 9.84 Å². The Morgan fingerprint density at radius 3 is 2.18 bits per heavy atom. The van der Waals surface area contributed by atoms with Crippen molar-refractivity contribution in [2.24, 2.45) is 0 Å². The molecule has 0 saturated carbocycles. The lowest BCUT2D eigenvalue weighted by molar-refractivity contribution is -0.139. The smallest absolute Gasteiger partial charge is 0.407 e. The summed E-state index contributed by atoms with van der Waals surface area (Å²) in [4.78, 5) is 36.3. The van der Waals surface area contributed by atoms with Crippen LogP contribution < -0.4 is 10.6 Å². The molecule has 34 heavy (non-hydrogen) atoms. The number of carboxylic acid groups (broad SMARTS) is 1. The molecule has 0 spiro atoms. The average molecular weight is 464 g/mol. The topological polar surface area (TPSA) is 125 Å². The van der Waals surface area contributed by atoms with Gasteiger partial charge in [-0.1, -0.05) is 54.6 Å². The monoisotopic (exact) mass is 464 g/mol. The fourth-order valence-electron chi connectivity index (χ4n) is 4.00. The van der Waals surface area contributed by atoms with E-state index in [2.05, 4.69) is 10.6 Å². The Hall–Kier alpha value is -4.40. The highest BCUT2D eigenvalue weighted by Gasteiger charge is 2.30. The molecule has 4 rings (SSSR count). The van der Waals surface area contributed by atoms with Crippen LogP contribution in [0.3, 0.4) is 0 Å². The van der Waals surface area contributed by atoms with E-state index in [9.17, 15) is 23.9 Å². The summed E-state index contributed by atoms with van der Waals surface area (Å²) in [6, 6.07) is 17.5. The largest absolute Gasteiger partial charge is 0.503 e. The second-order valence-electron chi connectivity index (χ2n) is 7.75. The summed E-state index contributed by atoms with van der Waals surface area (Å²) in [7, 11) is 0. The van der Waals surface area contributed by atoms with Crippen molar-refractivity contribution in [3.05, 3.63) is 83.7 Å². The molecule has 0 aromatic heterocycles. The molecule has 1 unspecified atom stereocenters. The first-order valence-electron chi connectivity index (χ1n) is 10.5.